The lowest BCUT2D eigenvalue weighted by Crippen LogP contribution is -2.68. The number of nitrogens with zero attached hydrogens (tertiary/aromatic N) is 6. The van der Waals surface area contributed by atoms with Crippen molar-refractivity contribution >= 4 is 56.0 Å². The van der Waals surface area contributed by atoms with E-state index in [1.165, 1.54) is 16.3 Å². The number of hydrogen-bond acceptors (Lipinski definition) is 12. The molecule has 6 bridgehead atoms. The predicted octanol–water partition coefficient (Wildman–Crippen LogP) is 5.89. The molecule has 337 valence electrons. The molecule has 2 N–H and O–H groups in total. The summed E-state index contributed by atoms with van der Waals surface area (Å²) in [6.07, 6.45) is 2.34. The van der Waals surface area contributed by atoms with Crippen molar-refractivity contribution in [2.45, 2.75) is 97.7 Å². The highest BCUT2D eigenvalue weighted by atomic mass is 32.1. The van der Waals surface area contributed by atoms with Gasteiger partial charge in [-0.2, -0.15) is 0 Å². The lowest BCUT2D eigenvalue weighted by molar-refractivity contribution is -0.158. The van der Waals surface area contributed by atoms with E-state index in [9.17, 15) is 14.4 Å². The lowest BCUT2D eigenvalue weighted by atomic mass is 9.84. The van der Waals surface area contributed by atoms with E-state index in [2.05, 4.69) is 87.4 Å². The molecule has 3 aliphatic heterocycles. The van der Waals surface area contributed by atoms with Gasteiger partial charge in [-0.15, -0.1) is 11.3 Å². The van der Waals surface area contributed by atoms with Gasteiger partial charge in [0.2, 0.25) is 5.91 Å². The second kappa shape index (κ2) is 18.0. The third-order valence-electron chi connectivity index (χ3n) is 13.8. The highest BCUT2D eigenvalue weighted by Gasteiger charge is 2.54. The highest BCUT2D eigenvalue weighted by Crippen LogP contribution is 2.47. The van der Waals surface area contributed by atoms with Crippen molar-refractivity contribution in [2.75, 3.05) is 65.0 Å². The van der Waals surface area contributed by atoms with E-state index in [1.807, 2.05) is 39.3 Å². The maximum Gasteiger partial charge on any atom is 0.324 e. The molecule has 63 heavy (non-hydrogen) atoms. The van der Waals surface area contributed by atoms with Gasteiger partial charge < -0.3 is 33.9 Å². The predicted molar refractivity (Wildman–Crippen MR) is 246 cm³/mol. The van der Waals surface area contributed by atoms with Crippen LogP contribution in [0.1, 0.15) is 89.8 Å². The van der Waals surface area contributed by atoms with Crippen LogP contribution in [0.3, 0.4) is 0 Å². The molecule has 1 aliphatic carbocycles. The lowest BCUT2D eigenvalue weighted by Gasteiger charge is -2.42. The van der Waals surface area contributed by atoms with Gasteiger partial charge in [0, 0.05) is 91.7 Å². The van der Waals surface area contributed by atoms with Gasteiger partial charge in [0.1, 0.15) is 22.3 Å². The van der Waals surface area contributed by atoms with E-state index in [-0.39, 0.29) is 43.0 Å². The summed E-state index contributed by atoms with van der Waals surface area (Å²) >= 11 is 1.38. The Bertz CT molecular complexity index is 2350. The smallest absolute Gasteiger partial charge is 0.324 e. The average Bonchev–Trinajstić information content (AvgIpc) is 3.55. The summed E-state index contributed by atoms with van der Waals surface area (Å²) in [6, 6.07) is 7.99. The first kappa shape index (κ1) is 45.4. The van der Waals surface area contributed by atoms with Crippen molar-refractivity contribution < 1.29 is 28.6 Å². The molecule has 3 radical (unpaired) electrons. The number of esters is 1. The number of aromatic nitrogens is 3. The van der Waals surface area contributed by atoms with Crippen LogP contribution in [0, 0.1) is 23.2 Å². The fraction of sp³-hybridized carbons (Fsp3) is 0.596. The van der Waals surface area contributed by atoms with Gasteiger partial charge in [-0.3, -0.25) is 24.4 Å². The van der Waals surface area contributed by atoms with Gasteiger partial charge in [0.25, 0.3) is 5.91 Å². The van der Waals surface area contributed by atoms with Crippen LogP contribution in [0.5, 0.6) is 0 Å². The summed E-state index contributed by atoms with van der Waals surface area (Å²) in [5.74, 6) is -1.03. The number of cyclic esters (lactones) is 1. The van der Waals surface area contributed by atoms with Crippen molar-refractivity contribution in [3.8, 4) is 22.5 Å². The number of aryl methyl sites for hydroxylation is 1. The minimum Gasteiger partial charge on any atom is -0.464 e. The minimum atomic E-state index is -1.75. The number of anilines is 1. The Morgan fingerprint density at radius 3 is 2.54 bits per heavy atom. The number of fused-ring (bicyclic) bond motifs is 6. The monoisotopic (exact) mass is 895 g/mol. The van der Waals surface area contributed by atoms with Gasteiger partial charge in [-0.25, -0.2) is 10.4 Å². The first-order valence-corrected chi connectivity index (χ1v) is 24.0. The summed E-state index contributed by atoms with van der Waals surface area (Å²) in [6.45, 7) is 19.6. The van der Waals surface area contributed by atoms with E-state index < -0.39 is 34.6 Å². The zero-order valence-electron chi connectivity index (χ0n) is 38.2. The number of ether oxygens (including phenoxy) is 3. The highest BCUT2D eigenvalue weighted by molar-refractivity contribution is 7.10. The number of benzene rings is 1. The van der Waals surface area contributed by atoms with E-state index in [4.69, 9.17) is 24.2 Å². The van der Waals surface area contributed by atoms with Crippen LogP contribution in [0.15, 0.2) is 35.8 Å². The summed E-state index contributed by atoms with van der Waals surface area (Å²) < 4.78 is 21.0. The Morgan fingerprint density at radius 2 is 1.86 bits per heavy atom. The molecule has 4 aliphatic rings. The minimum absolute atomic E-state index is 0.147. The van der Waals surface area contributed by atoms with Crippen molar-refractivity contribution in [2.24, 2.45) is 23.2 Å². The number of rotatable bonds is 9. The molecule has 3 aromatic heterocycles. The van der Waals surface area contributed by atoms with Crippen molar-refractivity contribution in [3.63, 3.8) is 0 Å². The Morgan fingerprint density at radius 1 is 1.11 bits per heavy atom. The normalized spacial score (nSPS) is 27.2. The molecular formula is C47H63N8O6SSi. The van der Waals surface area contributed by atoms with Crippen molar-refractivity contribution in [1.82, 2.24) is 35.2 Å². The Hall–Kier alpha value is -4.19. The number of nitrogens with one attached hydrogen (secondary N) is 2. The molecule has 4 aromatic rings. The van der Waals surface area contributed by atoms with Gasteiger partial charge in [-0.1, -0.05) is 33.8 Å². The molecule has 6 heterocycles. The topological polar surface area (TPSA) is 143 Å². The molecule has 8 rings (SSSR count). The number of pyridine rings is 1. The van der Waals surface area contributed by atoms with Crippen LogP contribution in [0.25, 0.3) is 33.4 Å². The molecule has 0 spiro atoms. The van der Waals surface area contributed by atoms with Crippen LogP contribution >= 0.6 is 11.3 Å². The molecule has 2 saturated heterocycles. The van der Waals surface area contributed by atoms with E-state index in [0.717, 1.165) is 76.5 Å². The van der Waals surface area contributed by atoms with Crippen LogP contribution < -0.4 is 15.6 Å². The van der Waals surface area contributed by atoms with Gasteiger partial charge in [0.05, 0.1) is 51.9 Å². The van der Waals surface area contributed by atoms with Gasteiger partial charge in [-0.05, 0) is 82.7 Å². The molecule has 1 aromatic carbocycles. The maximum atomic E-state index is 14.9. The molecule has 2 unspecified atom stereocenters. The fourth-order valence-electron chi connectivity index (χ4n) is 9.67. The third-order valence-corrected chi connectivity index (χ3v) is 15.3. The SMILES string of the molecule is CCO[C@@H]1c2nc(cs2)-c2ccc3c(c2)c(c(-c2cc(N4CCN(C)CC4)cnc2[C@H](C)OC)n3CC)CC(C)(C)COC(=O)[C@@H]2CCCN(N2)C(=O)C1([Si])NC(=O)C1[C@@H](C)[C@H]1C. The zero-order valence-corrected chi connectivity index (χ0v) is 40.1. The zero-order chi connectivity index (χ0) is 45.0. The number of methoxy groups -OCH3 is 1. The van der Waals surface area contributed by atoms with Crippen molar-refractivity contribution in [3.05, 3.63) is 52.1 Å². The average molecular weight is 896 g/mol. The molecule has 2 amide bonds. The molecule has 3 fully saturated rings. The first-order valence-electron chi connectivity index (χ1n) is 22.6. The summed E-state index contributed by atoms with van der Waals surface area (Å²) in [7, 11) is 7.74. The van der Waals surface area contributed by atoms with Crippen LogP contribution in [0.4, 0.5) is 5.69 Å². The third kappa shape index (κ3) is 8.71. The number of piperazine rings is 1. The molecular weight excluding hydrogens is 833 g/mol. The molecule has 16 heteroatoms. The standard InChI is InChI=1S/C47H63N8O6SSi/c1-10-54-37-15-14-30-21-32(37)34(40(54)33-22-31(24-48-39(33)29(5)59-9)53-19-17-52(8)18-20-53)23-46(6,7)26-61-44(57)35-13-12-16-55(51-35)45(58)47(63,50-42(56)38-27(3)28(38)4)41(60-11-2)43-49-36(30)25-62-43/h14-15,21-22,24-25,27-29,35,38,41,51H,10-13,16-20,23,26H2,1-9H3,(H,50,56)/t27-,28+,29-,35-,38?,41+,47?/m0/s1. The number of carbonyl (C=O) groups is 3. The van der Waals surface area contributed by atoms with E-state index >= 15 is 0 Å². The van der Waals surface area contributed by atoms with Gasteiger partial charge in [0.15, 0.2) is 0 Å². The second-order valence-corrected chi connectivity index (χ2v) is 20.5. The van der Waals surface area contributed by atoms with Gasteiger partial charge >= 0.3 is 5.97 Å². The summed E-state index contributed by atoms with van der Waals surface area (Å²) in [5, 5.41) is 6.36. The quantitative estimate of drug-likeness (QED) is 0.154. The summed E-state index contributed by atoms with van der Waals surface area (Å²) in [5.41, 5.74) is 10.5. The van der Waals surface area contributed by atoms with E-state index in [1.54, 1.807) is 7.11 Å². The largest absolute Gasteiger partial charge is 0.464 e. The van der Waals surface area contributed by atoms with Crippen LogP contribution in [-0.4, -0.2) is 124 Å². The molecule has 7 atom stereocenters. The number of hydrazine groups is 1. The number of thiazole rings is 1. The van der Waals surface area contributed by atoms with Crippen molar-refractivity contribution in [1.29, 1.82) is 0 Å². The fourth-order valence-corrected chi connectivity index (χ4v) is 11.2. The Labute approximate surface area is 378 Å². The maximum absolute atomic E-state index is 14.9. The first-order chi connectivity index (χ1) is 30.1. The number of likely N-dealkylation sites (N-methyl/N-ethyl adjacent to an activating group) is 1. The molecule has 1 saturated carbocycles. The number of amides is 2. The van der Waals surface area contributed by atoms with Crippen LogP contribution in [-0.2, 0) is 41.6 Å². The van der Waals surface area contributed by atoms with E-state index in [0.29, 0.717) is 37.4 Å². The molecule has 14 nitrogen and oxygen atoms in total. The number of carbonyl (C=O) groups excluding carboxylic acids is 3. The Kier molecular flexibility index (Phi) is 13.0. The second-order valence-electron chi connectivity index (χ2n) is 18.8. The number of hydrogen-bond donors (Lipinski definition) is 2. The Balaban J connectivity index is 1.31. The van der Waals surface area contributed by atoms with Crippen LogP contribution in [0.2, 0.25) is 0 Å². The summed E-state index contributed by atoms with van der Waals surface area (Å²) in [4.78, 5) is 57.9.